The number of rotatable bonds is 3. The number of phenolic OH excluding ortho intramolecular Hbond substituents is 1. The molecule has 0 bridgehead atoms. The fourth-order valence-electron chi connectivity index (χ4n) is 1.43. The average molecular weight is 313 g/mol. The van der Waals surface area contributed by atoms with Gasteiger partial charge in [-0.25, -0.2) is 4.39 Å². The van der Waals surface area contributed by atoms with Crippen LogP contribution in [-0.2, 0) is 5.75 Å². The number of aromatic hydroxyl groups is 1. The standard InChI is InChI=1S/C13H10BrFOS/c14-10-5-9(6-11(15)7-10)8-17-13-4-2-1-3-12(13)16/h1-7,16H,8H2. The monoisotopic (exact) mass is 312 g/mol. The first kappa shape index (κ1) is 12.5. The van der Waals surface area contributed by atoms with Crippen molar-refractivity contribution in [3.8, 4) is 5.75 Å². The lowest BCUT2D eigenvalue weighted by molar-refractivity contribution is 0.462. The summed E-state index contributed by atoms with van der Waals surface area (Å²) in [6.45, 7) is 0. The summed E-state index contributed by atoms with van der Waals surface area (Å²) in [5, 5.41) is 9.59. The van der Waals surface area contributed by atoms with Crippen molar-refractivity contribution in [2.24, 2.45) is 0 Å². The molecule has 0 saturated heterocycles. The predicted octanol–water partition coefficient (Wildman–Crippen LogP) is 4.59. The van der Waals surface area contributed by atoms with Gasteiger partial charge in [0.1, 0.15) is 11.6 Å². The third-order valence-corrected chi connectivity index (χ3v) is 3.77. The van der Waals surface area contributed by atoms with Crippen LogP contribution in [0.4, 0.5) is 4.39 Å². The van der Waals surface area contributed by atoms with Gasteiger partial charge in [0.2, 0.25) is 0 Å². The van der Waals surface area contributed by atoms with Crippen LogP contribution in [0.15, 0.2) is 51.8 Å². The van der Waals surface area contributed by atoms with Gasteiger partial charge in [-0.2, -0.15) is 0 Å². The third kappa shape index (κ3) is 3.48. The normalized spacial score (nSPS) is 10.5. The molecule has 0 saturated carbocycles. The molecule has 2 rings (SSSR count). The van der Waals surface area contributed by atoms with Crippen molar-refractivity contribution in [3.05, 3.63) is 58.3 Å². The summed E-state index contributed by atoms with van der Waals surface area (Å²) < 4.78 is 13.9. The molecule has 1 N–H and O–H groups in total. The van der Waals surface area contributed by atoms with Crippen LogP contribution in [0.1, 0.15) is 5.56 Å². The summed E-state index contributed by atoms with van der Waals surface area (Å²) in [5.74, 6) is 0.619. The van der Waals surface area contributed by atoms with Crippen LogP contribution in [-0.4, -0.2) is 5.11 Å². The molecule has 0 heterocycles. The van der Waals surface area contributed by atoms with Crippen molar-refractivity contribution >= 4 is 27.7 Å². The van der Waals surface area contributed by atoms with Crippen molar-refractivity contribution in [1.29, 1.82) is 0 Å². The molecule has 0 aliphatic rings. The Hall–Kier alpha value is -1.00. The van der Waals surface area contributed by atoms with E-state index in [1.54, 1.807) is 12.1 Å². The molecular weight excluding hydrogens is 303 g/mol. The molecule has 88 valence electrons. The van der Waals surface area contributed by atoms with Gasteiger partial charge in [0.05, 0.1) is 0 Å². The van der Waals surface area contributed by atoms with Crippen LogP contribution in [0.5, 0.6) is 5.75 Å². The highest BCUT2D eigenvalue weighted by molar-refractivity contribution is 9.10. The number of benzene rings is 2. The average Bonchev–Trinajstić information content (AvgIpc) is 2.27. The van der Waals surface area contributed by atoms with Crippen molar-refractivity contribution in [2.45, 2.75) is 10.6 Å². The Morgan fingerprint density at radius 3 is 2.65 bits per heavy atom. The minimum absolute atomic E-state index is 0.257. The van der Waals surface area contributed by atoms with Gasteiger partial charge in [0.15, 0.2) is 0 Å². The number of hydrogen-bond acceptors (Lipinski definition) is 2. The van der Waals surface area contributed by atoms with E-state index in [0.717, 1.165) is 14.9 Å². The summed E-state index contributed by atoms with van der Waals surface area (Å²) >= 11 is 4.74. The lowest BCUT2D eigenvalue weighted by atomic mass is 10.2. The zero-order valence-corrected chi connectivity index (χ0v) is 11.3. The van der Waals surface area contributed by atoms with E-state index in [0.29, 0.717) is 5.75 Å². The molecular formula is C13H10BrFOS. The molecule has 0 spiro atoms. The van der Waals surface area contributed by atoms with Gasteiger partial charge in [-0.1, -0.05) is 28.1 Å². The molecule has 0 radical (unpaired) electrons. The summed E-state index contributed by atoms with van der Waals surface area (Å²) in [6.07, 6.45) is 0. The molecule has 4 heteroatoms. The minimum Gasteiger partial charge on any atom is -0.507 e. The van der Waals surface area contributed by atoms with E-state index in [1.165, 1.54) is 23.9 Å². The van der Waals surface area contributed by atoms with E-state index in [4.69, 9.17) is 0 Å². The first-order chi connectivity index (χ1) is 8.15. The van der Waals surface area contributed by atoms with E-state index in [1.807, 2.05) is 18.2 Å². The summed E-state index contributed by atoms with van der Waals surface area (Å²) in [4.78, 5) is 0.799. The Bertz CT molecular complexity index is 510. The predicted molar refractivity (Wildman–Crippen MR) is 71.8 cm³/mol. The lowest BCUT2D eigenvalue weighted by Gasteiger charge is -2.05. The Kier molecular flexibility index (Phi) is 4.07. The highest BCUT2D eigenvalue weighted by Gasteiger charge is 2.03. The Balaban J connectivity index is 2.10. The highest BCUT2D eigenvalue weighted by Crippen LogP contribution is 2.31. The number of para-hydroxylation sites is 1. The van der Waals surface area contributed by atoms with E-state index in [2.05, 4.69) is 15.9 Å². The SMILES string of the molecule is Oc1ccccc1SCc1cc(F)cc(Br)c1. The van der Waals surface area contributed by atoms with E-state index < -0.39 is 0 Å². The molecule has 1 nitrogen and oxygen atoms in total. The van der Waals surface area contributed by atoms with Crippen LogP contribution in [0, 0.1) is 5.82 Å². The third-order valence-electron chi connectivity index (χ3n) is 2.18. The maximum atomic E-state index is 13.1. The first-order valence-electron chi connectivity index (χ1n) is 5.01. The van der Waals surface area contributed by atoms with Gasteiger partial charge in [-0.3, -0.25) is 0 Å². The molecule has 0 aliphatic heterocycles. The zero-order valence-electron chi connectivity index (χ0n) is 8.86. The minimum atomic E-state index is -0.257. The van der Waals surface area contributed by atoms with Crippen molar-refractivity contribution < 1.29 is 9.50 Å². The molecule has 0 unspecified atom stereocenters. The molecule has 17 heavy (non-hydrogen) atoms. The maximum absolute atomic E-state index is 13.1. The molecule has 2 aromatic carbocycles. The second-order valence-corrected chi connectivity index (χ2v) is 5.47. The lowest BCUT2D eigenvalue weighted by Crippen LogP contribution is -1.84. The van der Waals surface area contributed by atoms with Crippen LogP contribution < -0.4 is 0 Å². The van der Waals surface area contributed by atoms with Gasteiger partial charge in [0, 0.05) is 15.1 Å². The first-order valence-corrected chi connectivity index (χ1v) is 6.79. The summed E-state index contributed by atoms with van der Waals surface area (Å²) in [7, 11) is 0. The quantitative estimate of drug-likeness (QED) is 0.837. The van der Waals surface area contributed by atoms with E-state index in [-0.39, 0.29) is 11.6 Å². The molecule has 0 aromatic heterocycles. The number of hydrogen-bond donors (Lipinski definition) is 1. The highest BCUT2D eigenvalue weighted by atomic mass is 79.9. The number of phenols is 1. The Labute approximate surface area is 112 Å². The van der Waals surface area contributed by atoms with E-state index in [9.17, 15) is 9.50 Å². The van der Waals surface area contributed by atoms with E-state index >= 15 is 0 Å². The molecule has 0 amide bonds. The second kappa shape index (κ2) is 5.56. The molecule has 0 atom stereocenters. The Morgan fingerprint density at radius 1 is 1.18 bits per heavy atom. The topological polar surface area (TPSA) is 20.2 Å². The van der Waals surface area contributed by atoms with Gasteiger partial charge in [-0.15, -0.1) is 11.8 Å². The van der Waals surface area contributed by atoms with Gasteiger partial charge in [-0.05, 0) is 35.9 Å². The van der Waals surface area contributed by atoms with Crippen molar-refractivity contribution in [1.82, 2.24) is 0 Å². The van der Waals surface area contributed by atoms with Crippen molar-refractivity contribution in [2.75, 3.05) is 0 Å². The van der Waals surface area contributed by atoms with Gasteiger partial charge >= 0.3 is 0 Å². The number of thioether (sulfide) groups is 1. The van der Waals surface area contributed by atoms with Crippen LogP contribution in [0.25, 0.3) is 0 Å². The summed E-state index contributed by atoms with van der Waals surface area (Å²) in [6, 6.07) is 11.9. The molecule has 0 fully saturated rings. The fraction of sp³-hybridized carbons (Fsp3) is 0.0769. The van der Waals surface area contributed by atoms with Gasteiger partial charge < -0.3 is 5.11 Å². The van der Waals surface area contributed by atoms with Crippen LogP contribution >= 0.6 is 27.7 Å². The largest absolute Gasteiger partial charge is 0.507 e. The molecule has 2 aromatic rings. The van der Waals surface area contributed by atoms with Crippen molar-refractivity contribution in [3.63, 3.8) is 0 Å². The zero-order chi connectivity index (χ0) is 12.3. The van der Waals surface area contributed by atoms with Crippen LogP contribution in [0.2, 0.25) is 0 Å². The Morgan fingerprint density at radius 2 is 1.94 bits per heavy atom. The number of halogens is 2. The second-order valence-electron chi connectivity index (χ2n) is 3.53. The summed E-state index contributed by atoms with van der Waals surface area (Å²) in [5.41, 5.74) is 0.880. The fourth-order valence-corrected chi connectivity index (χ4v) is 2.83. The van der Waals surface area contributed by atoms with Gasteiger partial charge in [0.25, 0.3) is 0 Å². The smallest absolute Gasteiger partial charge is 0.129 e. The van der Waals surface area contributed by atoms with Crippen LogP contribution in [0.3, 0.4) is 0 Å². The maximum Gasteiger partial charge on any atom is 0.129 e. The molecule has 0 aliphatic carbocycles.